The zero-order valence-corrected chi connectivity index (χ0v) is 47.7. The van der Waals surface area contributed by atoms with Crippen molar-refractivity contribution < 1.29 is 24.2 Å². The number of unbranched alkanes of at least 4 members (excludes halogenated alkanes) is 35. The molecule has 0 aliphatic carbocycles. The van der Waals surface area contributed by atoms with Gasteiger partial charge in [0.05, 0.1) is 6.61 Å². The minimum atomic E-state index is -0.799. The largest absolute Gasteiger partial charge is 0.462 e. The Morgan fingerprint density at radius 1 is 0.333 bits per heavy atom. The van der Waals surface area contributed by atoms with E-state index in [1.54, 1.807) is 0 Å². The molecule has 0 rings (SSSR count). The molecule has 0 amide bonds. The smallest absolute Gasteiger partial charge is 0.306 e. The third-order valence-electron chi connectivity index (χ3n) is 13.7. The lowest BCUT2D eigenvalue weighted by atomic mass is 10.0. The summed E-state index contributed by atoms with van der Waals surface area (Å²) in [4.78, 5) is 24.5. The average Bonchev–Trinajstić information content (AvgIpc) is 3.38. The molecule has 0 saturated carbocycles. The molecule has 1 atom stereocenters. The second kappa shape index (κ2) is 62.4. The molecule has 0 heterocycles. The normalized spacial score (nSPS) is 12.8. The van der Waals surface area contributed by atoms with Gasteiger partial charge in [0.25, 0.3) is 0 Å². The van der Waals surface area contributed by atoms with Crippen LogP contribution in [0.4, 0.5) is 0 Å². The molecule has 0 spiro atoms. The van der Waals surface area contributed by atoms with Gasteiger partial charge in [0, 0.05) is 12.8 Å². The van der Waals surface area contributed by atoms with Crippen LogP contribution in [0.5, 0.6) is 0 Å². The Labute approximate surface area is 447 Å². The number of rotatable bonds is 57. The molecule has 0 aromatic carbocycles. The van der Waals surface area contributed by atoms with Crippen molar-refractivity contribution in [3.63, 3.8) is 0 Å². The summed E-state index contributed by atoms with van der Waals surface area (Å²) in [6.07, 6.45) is 87.4. The van der Waals surface area contributed by atoms with Crippen molar-refractivity contribution in [2.24, 2.45) is 0 Å². The number of carbonyl (C=O) groups excluding carboxylic acids is 2. The molecule has 0 aromatic rings. The fourth-order valence-electron chi connectivity index (χ4n) is 9.03. The molecule has 0 fully saturated rings. The number of allylic oxidation sites excluding steroid dienone is 14. The van der Waals surface area contributed by atoms with Gasteiger partial charge in [-0.25, -0.2) is 0 Å². The molecule has 5 nitrogen and oxygen atoms in total. The number of hydrogen-bond acceptors (Lipinski definition) is 5. The molecule has 0 bridgehead atoms. The van der Waals surface area contributed by atoms with Crippen LogP contribution >= 0.6 is 0 Å². The molecule has 1 unspecified atom stereocenters. The first kappa shape index (κ1) is 69.1. The Morgan fingerprint density at radius 2 is 0.597 bits per heavy atom. The number of ether oxygens (including phenoxy) is 2. The van der Waals surface area contributed by atoms with E-state index in [1.165, 1.54) is 205 Å². The third-order valence-corrected chi connectivity index (χ3v) is 13.7. The predicted molar refractivity (Wildman–Crippen MR) is 316 cm³/mol. The van der Waals surface area contributed by atoms with Crippen LogP contribution in [0.1, 0.15) is 309 Å². The summed E-state index contributed by atoms with van der Waals surface area (Å²) >= 11 is 0. The van der Waals surface area contributed by atoms with Crippen LogP contribution in [0.15, 0.2) is 85.1 Å². The third kappa shape index (κ3) is 59.6. The summed E-state index contributed by atoms with van der Waals surface area (Å²) < 4.78 is 10.7. The van der Waals surface area contributed by atoms with E-state index >= 15 is 0 Å². The van der Waals surface area contributed by atoms with Gasteiger partial charge in [-0.1, -0.05) is 292 Å². The van der Waals surface area contributed by atoms with E-state index in [4.69, 9.17) is 9.47 Å². The van der Waals surface area contributed by atoms with Crippen molar-refractivity contribution in [2.75, 3.05) is 13.2 Å². The van der Waals surface area contributed by atoms with E-state index < -0.39 is 6.10 Å². The summed E-state index contributed by atoms with van der Waals surface area (Å²) in [5, 5.41) is 9.65. The molecule has 0 saturated heterocycles. The van der Waals surface area contributed by atoms with Crippen LogP contribution < -0.4 is 0 Å². The van der Waals surface area contributed by atoms with Crippen LogP contribution in [-0.4, -0.2) is 36.4 Å². The van der Waals surface area contributed by atoms with Crippen LogP contribution in [0.2, 0.25) is 0 Å². The molecular formula is C67H118O5. The van der Waals surface area contributed by atoms with Crippen LogP contribution in [-0.2, 0) is 19.1 Å². The average molecular weight is 1000 g/mol. The molecule has 0 aliphatic heterocycles. The van der Waals surface area contributed by atoms with Crippen molar-refractivity contribution >= 4 is 11.9 Å². The zero-order chi connectivity index (χ0) is 52.0. The molecule has 1 N–H and O–H groups in total. The van der Waals surface area contributed by atoms with E-state index in [0.29, 0.717) is 12.8 Å². The second-order valence-electron chi connectivity index (χ2n) is 20.8. The quantitative estimate of drug-likeness (QED) is 0.0373. The summed E-state index contributed by atoms with van der Waals surface area (Å²) in [5.41, 5.74) is 0. The van der Waals surface area contributed by atoms with E-state index in [0.717, 1.165) is 77.0 Å². The van der Waals surface area contributed by atoms with Gasteiger partial charge in [-0.05, 0) is 89.9 Å². The van der Waals surface area contributed by atoms with Gasteiger partial charge in [0.1, 0.15) is 6.61 Å². The summed E-state index contributed by atoms with van der Waals surface area (Å²) in [5.74, 6) is -0.634. The van der Waals surface area contributed by atoms with Gasteiger partial charge in [0.15, 0.2) is 6.10 Å². The standard InChI is InChI=1S/C67H118O5/c1-3-5-7-9-11-13-15-17-19-21-23-25-26-27-28-29-30-31-32-33-34-35-36-37-38-39-40-42-43-45-47-49-51-53-55-57-59-61-66(69)71-64-65(63-68)72-67(70)62-60-58-56-54-52-50-48-46-44-41-24-22-20-18-16-14-12-10-8-6-4-2/h6,8,12,14,18,20-21,23-24,41,46,48,52,54,65,68H,3-5,7,9-11,13,15-17,19,22,25-40,42-45,47,49-51,53,55-64H2,1-2H3/b8-6-,14-12-,20-18-,23-21-,41-24-,48-46-,54-52-. The van der Waals surface area contributed by atoms with Gasteiger partial charge in [-0.2, -0.15) is 0 Å². The lowest BCUT2D eigenvalue weighted by Crippen LogP contribution is -2.28. The van der Waals surface area contributed by atoms with Crippen molar-refractivity contribution in [2.45, 2.75) is 315 Å². The Balaban J connectivity index is 3.45. The fraction of sp³-hybridized carbons (Fsp3) is 0.761. The fourth-order valence-corrected chi connectivity index (χ4v) is 9.03. The number of hydrogen-bond donors (Lipinski definition) is 1. The summed E-state index contributed by atoms with van der Waals surface area (Å²) in [6, 6.07) is 0. The van der Waals surface area contributed by atoms with E-state index in [1.807, 2.05) is 0 Å². The highest BCUT2D eigenvalue weighted by molar-refractivity contribution is 5.70. The first-order valence-corrected chi connectivity index (χ1v) is 31.1. The first-order chi connectivity index (χ1) is 35.6. The van der Waals surface area contributed by atoms with E-state index in [9.17, 15) is 14.7 Å². The maximum Gasteiger partial charge on any atom is 0.306 e. The Bertz CT molecular complexity index is 1320. The van der Waals surface area contributed by atoms with Crippen molar-refractivity contribution in [3.8, 4) is 0 Å². The first-order valence-electron chi connectivity index (χ1n) is 31.1. The van der Waals surface area contributed by atoms with Crippen LogP contribution in [0.3, 0.4) is 0 Å². The van der Waals surface area contributed by atoms with Gasteiger partial charge >= 0.3 is 11.9 Å². The van der Waals surface area contributed by atoms with Crippen molar-refractivity contribution in [1.82, 2.24) is 0 Å². The predicted octanol–water partition coefficient (Wildman–Crippen LogP) is 21.3. The zero-order valence-electron chi connectivity index (χ0n) is 47.7. The molecule has 72 heavy (non-hydrogen) atoms. The van der Waals surface area contributed by atoms with Gasteiger partial charge in [-0.3, -0.25) is 9.59 Å². The summed E-state index contributed by atoms with van der Waals surface area (Å²) in [6.45, 7) is 4.02. The number of carbonyl (C=O) groups is 2. The minimum Gasteiger partial charge on any atom is -0.462 e. The number of aliphatic hydroxyl groups is 1. The Kier molecular flexibility index (Phi) is 59.8. The molecule has 0 radical (unpaired) electrons. The lowest BCUT2D eigenvalue weighted by molar-refractivity contribution is -0.161. The maximum atomic E-state index is 12.3. The van der Waals surface area contributed by atoms with Crippen LogP contribution in [0.25, 0.3) is 0 Å². The van der Waals surface area contributed by atoms with Gasteiger partial charge in [-0.15, -0.1) is 0 Å². The molecule has 5 heteroatoms. The monoisotopic (exact) mass is 1000 g/mol. The van der Waals surface area contributed by atoms with Gasteiger partial charge in [0.2, 0.25) is 0 Å². The molecule has 0 aliphatic rings. The number of esters is 2. The SMILES string of the molecule is CC/C=C\C/C=C\C/C=C\C/C=C\C/C=C\C/C=C\CCCCC(=O)OC(CO)COC(=O)CCCCCCCCCCCCCCCCCCCCCCCCCCC/C=C\CCCCCCCCCC. The maximum absolute atomic E-state index is 12.3. The van der Waals surface area contributed by atoms with E-state index in [2.05, 4.69) is 98.9 Å². The molecular weight excluding hydrogens is 885 g/mol. The number of aliphatic hydroxyl groups excluding tert-OH is 1. The van der Waals surface area contributed by atoms with Crippen molar-refractivity contribution in [3.05, 3.63) is 85.1 Å². The summed E-state index contributed by atoms with van der Waals surface area (Å²) in [7, 11) is 0. The molecule has 0 aromatic heterocycles. The van der Waals surface area contributed by atoms with Crippen molar-refractivity contribution in [1.29, 1.82) is 0 Å². The molecule has 416 valence electrons. The highest BCUT2D eigenvalue weighted by Gasteiger charge is 2.16. The van der Waals surface area contributed by atoms with E-state index in [-0.39, 0.29) is 25.2 Å². The minimum absolute atomic E-state index is 0.0850. The second-order valence-corrected chi connectivity index (χ2v) is 20.8. The lowest BCUT2D eigenvalue weighted by Gasteiger charge is -2.15. The Morgan fingerprint density at radius 3 is 0.944 bits per heavy atom. The highest BCUT2D eigenvalue weighted by Crippen LogP contribution is 2.17. The van der Waals surface area contributed by atoms with Crippen LogP contribution in [0, 0.1) is 0 Å². The highest BCUT2D eigenvalue weighted by atomic mass is 16.6. The Hall–Kier alpha value is -2.92. The van der Waals surface area contributed by atoms with Gasteiger partial charge < -0.3 is 14.6 Å². The topological polar surface area (TPSA) is 72.8 Å².